The molecule has 1 rings (SSSR count). The van der Waals surface area contributed by atoms with Crippen LogP contribution in [0.5, 0.6) is 0 Å². The molecular weight excluding hydrogens is 299 g/mol. The number of halogens is 4. The smallest absolute Gasteiger partial charge is 0.166 e. The maximum atomic E-state index is 12.6. The van der Waals surface area contributed by atoms with E-state index in [2.05, 4.69) is 26.0 Å². The van der Waals surface area contributed by atoms with Gasteiger partial charge in [-0.3, -0.25) is 0 Å². The van der Waals surface area contributed by atoms with E-state index in [-0.39, 0.29) is 11.0 Å². The van der Waals surface area contributed by atoms with Crippen LogP contribution in [0.15, 0.2) is 33.9 Å². The zero-order valence-corrected chi connectivity index (χ0v) is 10.0. The zero-order valence-electron chi connectivity index (χ0n) is 8.45. The maximum Gasteiger partial charge on any atom is 0.417 e. The Morgan fingerprint density at radius 2 is 2.12 bits per heavy atom. The Balaban J connectivity index is 2.97. The second-order valence-corrected chi connectivity index (χ2v) is 3.91. The van der Waals surface area contributed by atoms with Crippen LogP contribution in [-0.4, -0.2) is 6.54 Å². The van der Waals surface area contributed by atoms with E-state index in [0.29, 0.717) is 5.56 Å². The van der Waals surface area contributed by atoms with Crippen molar-refractivity contribution < 1.29 is 13.2 Å². The van der Waals surface area contributed by atoms with Gasteiger partial charge in [0.15, 0.2) is 0 Å². The number of azide groups is 1. The van der Waals surface area contributed by atoms with Gasteiger partial charge in [-0.15, -0.1) is 0 Å². The summed E-state index contributed by atoms with van der Waals surface area (Å²) < 4.78 is 37.7. The average molecular weight is 306 g/mol. The molecule has 3 nitrogen and oxygen atoms in total. The molecular formula is C10H7BrF3N3. The van der Waals surface area contributed by atoms with Gasteiger partial charge in [0.2, 0.25) is 0 Å². The van der Waals surface area contributed by atoms with E-state index in [1.807, 2.05) is 0 Å². The minimum Gasteiger partial charge on any atom is -0.166 e. The van der Waals surface area contributed by atoms with Crippen molar-refractivity contribution in [1.29, 1.82) is 0 Å². The Morgan fingerprint density at radius 3 is 2.71 bits per heavy atom. The zero-order chi connectivity index (χ0) is 12.9. The van der Waals surface area contributed by atoms with Gasteiger partial charge in [0, 0.05) is 15.9 Å². The highest BCUT2D eigenvalue weighted by Crippen LogP contribution is 2.35. The fourth-order valence-corrected chi connectivity index (χ4v) is 1.61. The highest BCUT2D eigenvalue weighted by molar-refractivity contribution is 9.10. The molecule has 0 unspecified atom stereocenters. The summed E-state index contributed by atoms with van der Waals surface area (Å²) in [5, 5.41) is 3.24. The standard InChI is InChI=1S/C10H7BrF3N3/c11-9-4-3-7(2-1-5-16-17-15)6-8(9)10(12,13)14/h1-4,6H,5H2. The largest absolute Gasteiger partial charge is 0.417 e. The number of nitrogens with zero attached hydrogens (tertiary/aromatic N) is 3. The Bertz CT molecular complexity index is 476. The summed E-state index contributed by atoms with van der Waals surface area (Å²) >= 11 is 2.85. The first kappa shape index (κ1) is 13.6. The summed E-state index contributed by atoms with van der Waals surface area (Å²) in [5.74, 6) is 0. The number of rotatable bonds is 3. The van der Waals surface area contributed by atoms with Crippen LogP contribution in [0.4, 0.5) is 13.2 Å². The first-order chi connectivity index (χ1) is 7.95. The van der Waals surface area contributed by atoms with Crippen molar-refractivity contribution in [3.05, 3.63) is 50.3 Å². The molecule has 0 spiro atoms. The third-order valence-electron chi connectivity index (χ3n) is 1.86. The Hall–Kier alpha value is -1.46. The van der Waals surface area contributed by atoms with Crippen LogP contribution in [0.2, 0.25) is 0 Å². The van der Waals surface area contributed by atoms with Crippen molar-refractivity contribution in [2.24, 2.45) is 5.11 Å². The van der Waals surface area contributed by atoms with Gasteiger partial charge in [0.25, 0.3) is 0 Å². The lowest BCUT2D eigenvalue weighted by Crippen LogP contribution is -2.06. The highest BCUT2D eigenvalue weighted by atomic mass is 79.9. The highest BCUT2D eigenvalue weighted by Gasteiger charge is 2.32. The third-order valence-corrected chi connectivity index (χ3v) is 2.55. The van der Waals surface area contributed by atoms with Crippen molar-refractivity contribution >= 4 is 22.0 Å². The minimum atomic E-state index is -4.40. The number of benzene rings is 1. The Morgan fingerprint density at radius 1 is 1.41 bits per heavy atom. The molecule has 0 fully saturated rings. The van der Waals surface area contributed by atoms with E-state index in [1.165, 1.54) is 24.3 Å². The summed E-state index contributed by atoms with van der Waals surface area (Å²) in [7, 11) is 0. The average Bonchev–Trinajstić information content (AvgIpc) is 2.25. The Labute approximate surface area is 104 Å². The van der Waals surface area contributed by atoms with Gasteiger partial charge >= 0.3 is 6.18 Å². The maximum absolute atomic E-state index is 12.6. The van der Waals surface area contributed by atoms with E-state index >= 15 is 0 Å². The van der Waals surface area contributed by atoms with E-state index in [9.17, 15) is 13.2 Å². The fourth-order valence-electron chi connectivity index (χ4n) is 1.14. The Kier molecular flexibility index (Phi) is 4.60. The predicted molar refractivity (Wildman–Crippen MR) is 62.2 cm³/mol. The molecule has 0 aromatic heterocycles. The molecule has 90 valence electrons. The summed E-state index contributed by atoms with van der Waals surface area (Å²) in [5.41, 5.74) is 7.68. The van der Waals surface area contributed by atoms with Gasteiger partial charge in [0.1, 0.15) is 0 Å². The van der Waals surface area contributed by atoms with Gasteiger partial charge in [0.05, 0.1) is 5.56 Å². The van der Waals surface area contributed by atoms with E-state index in [4.69, 9.17) is 5.53 Å². The van der Waals surface area contributed by atoms with Gasteiger partial charge < -0.3 is 0 Å². The van der Waals surface area contributed by atoms with E-state index in [1.54, 1.807) is 0 Å². The summed E-state index contributed by atoms with van der Waals surface area (Å²) in [4.78, 5) is 2.52. The molecule has 17 heavy (non-hydrogen) atoms. The van der Waals surface area contributed by atoms with Crippen LogP contribution in [0.25, 0.3) is 16.5 Å². The van der Waals surface area contributed by atoms with Crippen LogP contribution in [0, 0.1) is 0 Å². The normalized spacial score (nSPS) is 11.5. The molecule has 0 aliphatic heterocycles. The molecule has 1 aromatic rings. The molecule has 0 radical (unpaired) electrons. The second-order valence-electron chi connectivity index (χ2n) is 3.05. The van der Waals surface area contributed by atoms with Gasteiger partial charge in [-0.2, -0.15) is 13.2 Å². The van der Waals surface area contributed by atoms with Crippen LogP contribution in [-0.2, 0) is 6.18 Å². The van der Waals surface area contributed by atoms with Crippen LogP contribution in [0.1, 0.15) is 11.1 Å². The topological polar surface area (TPSA) is 48.8 Å². The molecule has 0 heterocycles. The lowest BCUT2D eigenvalue weighted by Gasteiger charge is -2.09. The first-order valence-electron chi connectivity index (χ1n) is 4.49. The minimum absolute atomic E-state index is 0.00260. The van der Waals surface area contributed by atoms with E-state index < -0.39 is 11.7 Å². The van der Waals surface area contributed by atoms with Crippen molar-refractivity contribution in [3.8, 4) is 0 Å². The molecule has 0 bridgehead atoms. The van der Waals surface area contributed by atoms with Crippen molar-refractivity contribution in [3.63, 3.8) is 0 Å². The molecule has 0 amide bonds. The van der Waals surface area contributed by atoms with Crippen molar-refractivity contribution in [2.45, 2.75) is 6.18 Å². The quantitative estimate of drug-likeness (QED) is 0.438. The summed E-state index contributed by atoms with van der Waals surface area (Å²) in [6.07, 6.45) is -1.44. The molecule has 7 heteroatoms. The van der Waals surface area contributed by atoms with Gasteiger partial charge in [-0.05, 0) is 23.2 Å². The fraction of sp³-hybridized carbons (Fsp3) is 0.200. The van der Waals surface area contributed by atoms with Gasteiger partial charge in [-0.25, -0.2) is 0 Å². The van der Waals surface area contributed by atoms with Crippen LogP contribution < -0.4 is 0 Å². The molecule has 0 saturated heterocycles. The molecule has 0 aliphatic carbocycles. The van der Waals surface area contributed by atoms with Crippen molar-refractivity contribution in [2.75, 3.05) is 6.54 Å². The number of hydrogen-bond donors (Lipinski definition) is 0. The van der Waals surface area contributed by atoms with Crippen molar-refractivity contribution in [1.82, 2.24) is 0 Å². The number of alkyl halides is 3. The van der Waals surface area contributed by atoms with E-state index in [0.717, 1.165) is 6.07 Å². The summed E-state index contributed by atoms with van der Waals surface area (Å²) in [6.45, 7) is 0.105. The molecule has 0 atom stereocenters. The third kappa shape index (κ3) is 4.13. The summed E-state index contributed by atoms with van der Waals surface area (Å²) in [6, 6.07) is 3.89. The SMILES string of the molecule is [N-]=[N+]=NCC=Cc1ccc(Br)c(C(F)(F)F)c1. The molecule has 0 saturated carbocycles. The molecule has 0 aliphatic rings. The monoisotopic (exact) mass is 305 g/mol. The van der Waals surface area contributed by atoms with Crippen LogP contribution in [0.3, 0.4) is 0 Å². The van der Waals surface area contributed by atoms with Gasteiger partial charge in [-0.1, -0.05) is 39.3 Å². The predicted octanol–water partition coefficient (Wildman–Crippen LogP) is 4.79. The lowest BCUT2D eigenvalue weighted by atomic mass is 10.1. The second kappa shape index (κ2) is 5.75. The lowest BCUT2D eigenvalue weighted by molar-refractivity contribution is -0.138. The molecule has 0 N–H and O–H groups in total. The first-order valence-corrected chi connectivity index (χ1v) is 5.28. The molecule has 1 aromatic carbocycles. The van der Waals surface area contributed by atoms with Crippen LogP contribution >= 0.6 is 15.9 Å². The number of hydrogen-bond acceptors (Lipinski definition) is 1.